The lowest BCUT2D eigenvalue weighted by molar-refractivity contribution is -0.144. The molecule has 2 N–H and O–H groups in total. The summed E-state index contributed by atoms with van der Waals surface area (Å²) >= 11 is 6.48. The lowest BCUT2D eigenvalue weighted by atomic mass is 9.87. The van der Waals surface area contributed by atoms with Crippen LogP contribution in [0.15, 0.2) is 42.6 Å². The van der Waals surface area contributed by atoms with Crippen molar-refractivity contribution in [2.24, 2.45) is 13.0 Å². The molecule has 5 rings (SSSR count). The zero-order valence-electron chi connectivity index (χ0n) is 25.6. The van der Waals surface area contributed by atoms with Gasteiger partial charge in [0.15, 0.2) is 0 Å². The van der Waals surface area contributed by atoms with Gasteiger partial charge in [0.2, 0.25) is 11.8 Å². The Morgan fingerprint density at radius 2 is 1.84 bits per heavy atom. The lowest BCUT2D eigenvalue weighted by Crippen LogP contribution is -2.42. The number of aliphatic carboxylic acids is 1. The van der Waals surface area contributed by atoms with Gasteiger partial charge in [0.1, 0.15) is 5.82 Å². The second kappa shape index (κ2) is 13.6. The maximum absolute atomic E-state index is 15.4. The maximum Gasteiger partial charge on any atom is 0.306 e. The number of nitrogens with one attached hydrogen (secondary N) is 1. The Kier molecular flexibility index (Phi) is 9.79. The van der Waals surface area contributed by atoms with E-state index in [-0.39, 0.29) is 71.8 Å². The number of anilines is 1. The average Bonchev–Trinajstić information content (AvgIpc) is 3.60. The summed E-state index contributed by atoms with van der Waals surface area (Å²) in [5.74, 6) is -2.72. The molecule has 3 aromatic rings. The van der Waals surface area contributed by atoms with Gasteiger partial charge in [0.25, 0.3) is 5.91 Å². The van der Waals surface area contributed by atoms with E-state index < -0.39 is 17.7 Å². The fourth-order valence-electron chi connectivity index (χ4n) is 6.41. The van der Waals surface area contributed by atoms with Crippen LogP contribution in [-0.2, 0) is 32.6 Å². The van der Waals surface area contributed by atoms with Crippen molar-refractivity contribution >= 4 is 51.9 Å². The van der Waals surface area contributed by atoms with Gasteiger partial charge in [0.05, 0.1) is 53.4 Å². The Morgan fingerprint density at radius 3 is 2.53 bits per heavy atom. The number of hydrogen-bond acceptors (Lipinski definition) is 5. The molecule has 0 radical (unpaired) electrons. The molecular weight excluding hydrogens is 603 g/mol. The number of likely N-dealkylation sites (tertiary alicyclic amines) is 1. The first-order valence-corrected chi connectivity index (χ1v) is 15.5. The van der Waals surface area contributed by atoms with E-state index >= 15 is 4.39 Å². The number of halogens is 2. The van der Waals surface area contributed by atoms with Crippen molar-refractivity contribution in [1.82, 2.24) is 14.4 Å². The largest absolute Gasteiger partial charge is 0.481 e. The molecule has 12 heteroatoms. The van der Waals surface area contributed by atoms with Crippen LogP contribution in [0.2, 0.25) is 5.02 Å². The number of nitrogens with zero attached hydrogens (tertiary/aromatic N) is 3. The van der Waals surface area contributed by atoms with Crippen LogP contribution in [0.1, 0.15) is 54.9 Å². The summed E-state index contributed by atoms with van der Waals surface area (Å²) in [6, 6.07) is 9.37. The minimum absolute atomic E-state index is 0.0863. The molecule has 1 aromatic heterocycles. The summed E-state index contributed by atoms with van der Waals surface area (Å²) in [7, 11) is 3.53. The van der Waals surface area contributed by atoms with Crippen molar-refractivity contribution in [3.8, 4) is 0 Å². The standard InChI is InChI=1S/C33H38ClFN4O6/c1-19(40)38(3)22-14-23(18-45-24-10-8-20(9-11-24)33(43)44)39(16-22)31(41)13-21-12-27(34)29(15-28(21)35)36-32(42)26-17-37(2)30-7-5-4-6-25(26)30/h4-7,12,15,17,20,22-24H,8-11,13-14,16,18H2,1-3H3,(H,36,42)(H,43,44)/t20-,22-,23-,24-/m0/s1. The molecule has 1 saturated heterocycles. The number of amides is 3. The molecule has 0 spiro atoms. The molecule has 0 unspecified atom stereocenters. The van der Waals surface area contributed by atoms with Gasteiger partial charge >= 0.3 is 5.97 Å². The molecule has 240 valence electrons. The third-order valence-corrected chi connectivity index (χ3v) is 9.49. The van der Waals surface area contributed by atoms with Crippen LogP contribution in [0.25, 0.3) is 10.9 Å². The number of carbonyl (C=O) groups is 4. The molecule has 1 saturated carbocycles. The van der Waals surface area contributed by atoms with Gasteiger partial charge in [-0.2, -0.15) is 0 Å². The van der Waals surface area contributed by atoms with E-state index in [9.17, 15) is 24.3 Å². The van der Waals surface area contributed by atoms with Crippen LogP contribution in [0, 0.1) is 11.7 Å². The minimum Gasteiger partial charge on any atom is -0.481 e. The Balaban J connectivity index is 1.27. The number of fused-ring (bicyclic) bond motifs is 1. The van der Waals surface area contributed by atoms with E-state index in [4.69, 9.17) is 16.3 Å². The van der Waals surface area contributed by atoms with Crippen LogP contribution < -0.4 is 5.32 Å². The molecule has 2 fully saturated rings. The third kappa shape index (κ3) is 7.15. The Morgan fingerprint density at radius 1 is 1.13 bits per heavy atom. The summed E-state index contributed by atoms with van der Waals surface area (Å²) in [5.41, 5.74) is 1.48. The van der Waals surface area contributed by atoms with Crippen LogP contribution in [0.5, 0.6) is 0 Å². The first-order valence-electron chi connectivity index (χ1n) is 15.1. The van der Waals surface area contributed by atoms with Crippen LogP contribution in [0.4, 0.5) is 10.1 Å². The van der Waals surface area contributed by atoms with Crippen LogP contribution >= 0.6 is 11.6 Å². The number of benzene rings is 2. The monoisotopic (exact) mass is 640 g/mol. The normalized spacial score (nSPS) is 21.6. The minimum atomic E-state index is -0.788. The van der Waals surface area contributed by atoms with Crippen molar-refractivity contribution in [3.63, 3.8) is 0 Å². The molecule has 2 aromatic carbocycles. The summed E-state index contributed by atoms with van der Waals surface area (Å²) in [4.78, 5) is 53.3. The highest BCUT2D eigenvalue weighted by Crippen LogP contribution is 2.31. The molecule has 0 bridgehead atoms. The van der Waals surface area contributed by atoms with Crippen molar-refractivity contribution in [2.45, 2.75) is 63.6 Å². The SMILES string of the molecule is CC(=O)N(C)[C@H]1C[C@@H](CO[C@H]2CC[C@H](C(=O)O)CC2)N(C(=O)Cc2cc(Cl)c(NC(=O)c3cn(C)c4ccccc34)cc2F)C1. The number of likely N-dealkylation sites (N-methyl/N-ethyl adjacent to an activating group) is 1. The van der Waals surface area contributed by atoms with Crippen LogP contribution in [0.3, 0.4) is 0 Å². The third-order valence-electron chi connectivity index (χ3n) is 9.17. The summed E-state index contributed by atoms with van der Waals surface area (Å²) in [6.45, 7) is 1.98. The molecule has 10 nitrogen and oxygen atoms in total. The Hall–Kier alpha value is -3.96. The number of aryl methyl sites for hydroxylation is 1. The zero-order valence-corrected chi connectivity index (χ0v) is 26.3. The lowest BCUT2D eigenvalue weighted by Gasteiger charge is -2.30. The first-order chi connectivity index (χ1) is 21.4. The first kappa shape index (κ1) is 32.4. The van der Waals surface area contributed by atoms with Crippen molar-refractivity contribution in [3.05, 3.63) is 64.6 Å². The summed E-state index contributed by atoms with van der Waals surface area (Å²) < 4.78 is 23.4. The van der Waals surface area contributed by atoms with Crippen LogP contribution in [-0.4, -0.2) is 81.6 Å². The summed E-state index contributed by atoms with van der Waals surface area (Å²) in [6.07, 6.45) is 4.18. The smallest absolute Gasteiger partial charge is 0.306 e. The predicted molar refractivity (Wildman–Crippen MR) is 168 cm³/mol. The second-order valence-corrected chi connectivity index (χ2v) is 12.5. The van der Waals surface area contributed by atoms with Gasteiger partial charge in [-0.15, -0.1) is 0 Å². The van der Waals surface area contributed by atoms with Gasteiger partial charge < -0.3 is 29.5 Å². The second-order valence-electron chi connectivity index (χ2n) is 12.1. The van der Waals surface area contributed by atoms with E-state index in [1.165, 1.54) is 13.0 Å². The molecule has 3 amide bonds. The predicted octanol–water partition coefficient (Wildman–Crippen LogP) is 4.87. The summed E-state index contributed by atoms with van der Waals surface area (Å²) in [5, 5.41) is 12.8. The number of carbonyl (C=O) groups excluding carboxylic acids is 3. The highest BCUT2D eigenvalue weighted by molar-refractivity contribution is 6.34. The Bertz CT molecular complexity index is 1620. The fraction of sp³-hybridized carbons (Fsp3) is 0.455. The van der Waals surface area contributed by atoms with Gasteiger partial charge in [-0.05, 0) is 55.9 Å². The molecule has 2 heterocycles. The number of aromatic nitrogens is 1. The number of rotatable bonds is 9. The molecule has 1 aliphatic carbocycles. The average molecular weight is 641 g/mol. The quantitative estimate of drug-likeness (QED) is 0.344. The van der Waals surface area contributed by atoms with Crippen molar-refractivity contribution < 1.29 is 33.4 Å². The van der Waals surface area contributed by atoms with E-state index in [1.807, 2.05) is 35.9 Å². The molecule has 2 atom stereocenters. The Labute approximate surface area is 266 Å². The van der Waals surface area contributed by atoms with Crippen molar-refractivity contribution in [1.29, 1.82) is 0 Å². The highest BCUT2D eigenvalue weighted by Gasteiger charge is 2.39. The van der Waals surface area contributed by atoms with Gasteiger partial charge in [-0.25, -0.2) is 4.39 Å². The van der Waals surface area contributed by atoms with E-state index in [1.54, 1.807) is 23.0 Å². The fourth-order valence-corrected chi connectivity index (χ4v) is 6.65. The molecular formula is C33H38ClFN4O6. The topological polar surface area (TPSA) is 121 Å². The number of para-hydroxylation sites is 1. The van der Waals surface area contributed by atoms with E-state index in [0.29, 0.717) is 37.7 Å². The highest BCUT2D eigenvalue weighted by atomic mass is 35.5. The van der Waals surface area contributed by atoms with E-state index in [2.05, 4.69) is 5.32 Å². The molecule has 1 aliphatic heterocycles. The number of carboxylic acid groups (broad SMARTS) is 1. The zero-order chi connectivity index (χ0) is 32.4. The number of ether oxygens (including phenoxy) is 1. The van der Waals surface area contributed by atoms with Crippen molar-refractivity contribution in [2.75, 3.05) is 25.5 Å². The molecule has 45 heavy (non-hydrogen) atoms. The number of hydrogen-bond donors (Lipinski definition) is 2. The van der Waals surface area contributed by atoms with E-state index in [0.717, 1.165) is 17.0 Å². The maximum atomic E-state index is 15.4. The molecule has 2 aliphatic rings. The number of carboxylic acids is 1. The van der Waals surface area contributed by atoms with Gasteiger partial charge in [-0.3, -0.25) is 19.2 Å². The van der Waals surface area contributed by atoms with Gasteiger partial charge in [-0.1, -0.05) is 29.8 Å². The van der Waals surface area contributed by atoms with Gasteiger partial charge in [0, 0.05) is 44.7 Å².